The lowest BCUT2D eigenvalue weighted by Crippen LogP contribution is -2.35. The van der Waals surface area contributed by atoms with Crippen molar-refractivity contribution in [3.8, 4) is 0 Å². The van der Waals surface area contributed by atoms with Crippen LogP contribution in [0.3, 0.4) is 0 Å². The van der Waals surface area contributed by atoms with Crippen molar-refractivity contribution in [2.75, 3.05) is 7.11 Å². The maximum Gasteiger partial charge on any atom is 0.325 e. The molecule has 0 saturated heterocycles. The molecular weight excluding hydrogens is 230 g/mol. The van der Waals surface area contributed by atoms with E-state index in [0.717, 1.165) is 17.5 Å². The Kier molecular flexibility index (Phi) is 5.82. The van der Waals surface area contributed by atoms with Crippen molar-refractivity contribution < 1.29 is 14.6 Å². The van der Waals surface area contributed by atoms with Gasteiger partial charge in [0.2, 0.25) is 0 Å². The van der Waals surface area contributed by atoms with Crippen LogP contribution in [0.25, 0.3) is 0 Å². The molecule has 0 saturated carbocycles. The van der Waals surface area contributed by atoms with Gasteiger partial charge in [0, 0.05) is 13.2 Å². The number of rotatable bonds is 7. The van der Waals surface area contributed by atoms with Crippen LogP contribution in [0, 0.1) is 0 Å². The highest BCUT2D eigenvalue weighted by atomic mass is 16.5. The van der Waals surface area contributed by atoms with Gasteiger partial charge in [-0.15, -0.1) is 0 Å². The van der Waals surface area contributed by atoms with Crippen molar-refractivity contribution in [2.45, 2.75) is 39.0 Å². The standard InChI is InChI=1S/C14H21NO3/c1-4-10(2)15-13(14(16)17)12-8-6-5-7-11(12)9-18-3/h5-8,10,13,15H,4,9H2,1-3H3,(H,16,17). The molecule has 1 rings (SSSR count). The van der Waals surface area contributed by atoms with Gasteiger partial charge >= 0.3 is 5.97 Å². The van der Waals surface area contributed by atoms with E-state index in [9.17, 15) is 9.90 Å². The largest absolute Gasteiger partial charge is 0.480 e. The molecule has 4 heteroatoms. The summed E-state index contributed by atoms with van der Waals surface area (Å²) in [5.74, 6) is -0.862. The zero-order chi connectivity index (χ0) is 13.5. The predicted molar refractivity (Wildman–Crippen MR) is 70.4 cm³/mol. The van der Waals surface area contributed by atoms with E-state index in [0.29, 0.717) is 6.61 Å². The van der Waals surface area contributed by atoms with Crippen molar-refractivity contribution in [3.63, 3.8) is 0 Å². The third-order valence-corrected chi connectivity index (χ3v) is 2.98. The summed E-state index contributed by atoms with van der Waals surface area (Å²) in [6.07, 6.45) is 0.885. The first kappa shape index (κ1) is 14.7. The number of carbonyl (C=O) groups is 1. The minimum Gasteiger partial charge on any atom is -0.480 e. The maximum atomic E-state index is 11.4. The zero-order valence-electron chi connectivity index (χ0n) is 11.1. The fraction of sp³-hybridized carbons (Fsp3) is 0.500. The third kappa shape index (κ3) is 3.82. The molecule has 0 aliphatic carbocycles. The number of methoxy groups -OCH3 is 1. The number of hydrogen-bond donors (Lipinski definition) is 2. The fourth-order valence-electron chi connectivity index (χ4n) is 1.80. The minimum atomic E-state index is -0.862. The Bertz CT molecular complexity index is 392. The van der Waals surface area contributed by atoms with Gasteiger partial charge in [0.05, 0.1) is 6.61 Å². The number of benzene rings is 1. The Hall–Kier alpha value is -1.39. The van der Waals surface area contributed by atoms with Gasteiger partial charge in [0.15, 0.2) is 0 Å². The minimum absolute atomic E-state index is 0.154. The first-order chi connectivity index (χ1) is 8.60. The highest BCUT2D eigenvalue weighted by Crippen LogP contribution is 2.20. The Morgan fingerprint density at radius 1 is 1.44 bits per heavy atom. The SMILES string of the molecule is CCC(C)NC(C(=O)O)c1ccccc1COC. The molecule has 0 radical (unpaired) electrons. The Balaban J connectivity index is 3.01. The van der Waals surface area contributed by atoms with Crippen LogP contribution in [0.5, 0.6) is 0 Å². The average Bonchev–Trinajstić information content (AvgIpc) is 2.36. The van der Waals surface area contributed by atoms with E-state index in [2.05, 4.69) is 5.32 Å². The smallest absolute Gasteiger partial charge is 0.325 e. The number of nitrogens with one attached hydrogen (secondary N) is 1. The average molecular weight is 251 g/mol. The molecule has 0 heterocycles. The molecule has 2 N–H and O–H groups in total. The molecule has 1 aromatic carbocycles. The lowest BCUT2D eigenvalue weighted by Gasteiger charge is -2.21. The van der Waals surface area contributed by atoms with Gasteiger partial charge < -0.3 is 9.84 Å². The van der Waals surface area contributed by atoms with Crippen LogP contribution in [0.4, 0.5) is 0 Å². The predicted octanol–water partition coefficient (Wildman–Crippen LogP) is 2.35. The molecule has 2 atom stereocenters. The van der Waals surface area contributed by atoms with E-state index >= 15 is 0 Å². The summed E-state index contributed by atoms with van der Waals surface area (Å²) in [6, 6.07) is 6.94. The number of carboxylic acids is 1. The zero-order valence-corrected chi connectivity index (χ0v) is 11.1. The summed E-state index contributed by atoms with van der Waals surface area (Å²) >= 11 is 0. The quantitative estimate of drug-likeness (QED) is 0.781. The molecule has 0 aliphatic heterocycles. The molecule has 2 unspecified atom stereocenters. The van der Waals surface area contributed by atoms with E-state index in [1.807, 2.05) is 38.1 Å². The summed E-state index contributed by atoms with van der Waals surface area (Å²) in [7, 11) is 1.61. The van der Waals surface area contributed by atoms with Crippen LogP contribution in [0.2, 0.25) is 0 Å². The topological polar surface area (TPSA) is 58.6 Å². The lowest BCUT2D eigenvalue weighted by atomic mass is 9.99. The van der Waals surface area contributed by atoms with E-state index in [1.54, 1.807) is 7.11 Å². The van der Waals surface area contributed by atoms with Gasteiger partial charge in [-0.3, -0.25) is 10.1 Å². The molecule has 0 fully saturated rings. The molecule has 100 valence electrons. The second-order valence-electron chi connectivity index (χ2n) is 4.38. The molecule has 4 nitrogen and oxygen atoms in total. The van der Waals surface area contributed by atoms with E-state index in [1.165, 1.54) is 0 Å². The molecule has 1 aromatic rings. The maximum absolute atomic E-state index is 11.4. The summed E-state index contributed by atoms with van der Waals surface area (Å²) in [6.45, 7) is 4.43. The van der Waals surface area contributed by atoms with Crippen LogP contribution in [0.15, 0.2) is 24.3 Å². The Labute approximate surface area is 108 Å². The van der Waals surface area contributed by atoms with E-state index in [4.69, 9.17) is 4.74 Å². The van der Waals surface area contributed by atoms with Crippen LogP contribution in [-0.4, -0.2) is 24.2 Å². The monoisotopic (exact) mass is 251 g/mol. The first-order valence-corrected chi connectivity index (χ1v) is 6.15. The van der Waals surface area contributed by atoms with Crippen LogP contribution < -0.4 is 5.32 Å². The van der Waals surface area contributed by atoms with Crippen LogP contribution in [-0.2, 0) is 16.1 Å². The van der Waals surface area contributed by atoms with Gasteiger partial charge in [-0.05, 0) is 24.5 Å². The second kappa shape index (κ2) is 7.13. The lowest BCUT2D eigenvalue weighted by molar-refractivity contribution is -0.139. The summed E-state index contributed by atoms with van der Waals surface area (Å²) in [5.41, 5.74) is 1.68. The van der Waals surface area contributed by atoms with Crippen LogP contribution >= 0.6 is 0 Å². The highest BCUT2D eigenvalue weighted by Gasteiger charge is 2.23. The van der Waals surface area contributed by atoms with Gasteiger partial charge in [0.1, 0.15) is 6.04 Å². The summed E-state index contributed by atoms with van der Waals surface area (Å²) < 4.78 is 5.11. The molecule has 0 bridgehead atoms. The van der Waals surface area contributed by atoms with Crippen LogP contribution in [0.1, 0.15) is 37.4 Å². The molecule has 18 heavy (non-hydrogen) atoms. The molecule has 0 aromatic heterocycles. The first-order valence-electron chi connectivity index (χ1n) is 6.15. The Morgan fingerprint density at radius 3 is 2.67 bits per heavy atom. The van der Waals surface area contributed by atoms with Gasteiger partial charge in [0.25, 0.3) is 0 Å². The second-order valence-corrected chi connectivity index (χ2v) is 4.38. The number of carboxylic acid groups (broad SMARTS) is 1. The van der Waals surface area contributed by atoms with Crippen molar-refractivity contribution in [1.29, 1.82) is 0 Å². The molecule has 0 spiro atoms. The summed E-state index contributed by atoms with van der Waals surface area (Å²) in [4.78, 5) is 11.4. The third-order valence-electron chi connectivity index (χ3n) is 2.98. The number of hydrogen-bond acceptors (Lipinski definition) is 3. The molecule has 0 amide bonds. The molecular formula is C14H21NO3. The van der Waals surface area contributed by atoms with E-state index < -0.39 is 12.0 Å². The van der Waals surface area contributed by atoms with Crippen molar-refractivity contribution in [3.05, 3.63) is 35.4 Å². The highest BCUT2D eigenvalue weighted by molar-refractivity contribution is 5.76. The number of ether oxygens (including phenoxy) is 1. The van der Waals surface area contributed by atoms with E-state index in [-0.39, 0.29) is 6.04 Å². The Morgan fingerprint density at radius 2 is 2.11 bits per heavy atom. The molecule has 0 aliphatic rings. The van der Waals surface area contributed by atoms with Crippen molar-refractivity contribution in [1.82, 2.24) is 5.32 Å². The van der Waals surface area contributed by atoms with Gasteiger partial charge in [-0.2, -0.15) is 0 Å². The normalized spacial score (nSPS) is 14.2. The van der Waals surface area contributed by atoms with Crippen molar-refractivity contribution >= 4 is 5.97 Å². The number of aliphatic carboxylic acids is 1. The summed E-state index contributed by atoms with van der Waals surface area (Å²) in [5, 5.41) is 12.5. The van der Waals surface area contributed by atoms with Crippen molar-refractivity contribution in [2.24, 2.45) is 0 Å². The van der Waals surface area contributed by atoms with Gasteiger partial charge in [-0.25, -0.2) is 0 Å². The van der Waals surface area contributed by atoms with Gasteiger partial charge in [-0.1, -0.05) is 31.2 Å². The fourth-order valence-corrected chi connectivity index (χ4v) is 1.80.